The van der Waals surface area contributed by atoms with Crippen molar-refractivity contribution in [3.05, 3.63) is 23.8 Å². The number of rotatable bonds is 4. The molecule has 0 aliphatic heterocycles. The zero-order chi connectivity index (χ0) is 14.8. The van der Waals surface area contributed by atoms with Crippen LogP contribution < -0.4 is 5.32 Å². The summed E-state index contributed by atoms with van der Waals surface area (Å²) in [5.41, 5.74) is 0.181. The van der Waals surface area contributed by atoms with Crippen LogP contribution in [0.15, 0.2) is 18.2 Å². The lowest BCUT2D eigenvalue weighted by molar-refractivity contribution is -0.0134. The summed E-state index contributed by atoms with van der Waals surface area (Å²) in [6.45, 7) is 4.68. The molecule has 1 aliphatic carbocycles. The van der Waals surface area contributed by atoms with Crippen LogP contribution in [-0.2, 0) is 0 Å². The van der Waals surface area contributed by atoms with Gasteiger partial charge < -0.3 is 20.6 Å². The Balaban J connectivity index is 1.96. The number of aliphatic hydroxyl groups is 1. The van der Waals surface area contributed by atoms with Crippen LogP contribution in [0.25, 0.3) is 0 Å². The number of hydrogen-bond donors (Lipinski definition) is 4. The molecule has 1 aliphatic rings. The van der Waals surface area contributed by atoms with E-state index in [9.17, 15) is 15.3 Å². The van der Waals surface area contributed by atoms with Gasteiger partial charge >= 0.3 is 0 Å². The Labute approximate surface area is 120 Å². The fraction of sp³-hybridized carbons (Fsp3) is 0.625. The lowest BCUT2D eigenvalue weighted by Crippen LogP contribution is -2.44. The van der Waals surface area contributed by atoms with E-state index in [0.29, 0.717) is 12.5 Å². The topological polar surface area (TPSA) is 72.7 Å². The van der Waals surface area contributed by atoms with Gasteiger partial charge in [-0.2, -0.15) is 0 Å². The first-order valence-corrected chi connectivity index (χ1v) is 7.37. The van der Waals surface area contributed by atoms with Gasteiger partial charge in [-0.15, -0.1) is 0 Å². The van der Waals surface area contributed by atoms with Crippen molar-refractivity contribution in [2.75, 3.05) is 6.54 Å². The second kappa shape index (κ2) is 6.02. The minimum atomic E-state index is -0.634. The molecular formula is C16H25NO3. The highest BCUT2D eigenvalue weighted by molar-refractivity contribution is 5.37. The summed E-state index contributed by atoms with van der Waals surface area (Å²) in [5.74, 6) is 0.674. The molecule has 1 aromatic rings. The molecular weight excluding hydrogens is 254 g/mol. The quantitative estimate of drug-likeness (QED) is 0.684. The number of aromatic hydroxyl groups is 2. The van der Waals surface area contributed by atoms with Gasteiger partial charge in [-0.1, -0.05) is 19.8 Å². The second-order valence-electron chi connectivity index (χ2n) is 6.31. The normalized spacial score (nSPS) is 28.2. The molecule has 4 heteroatoms. The van der Waals surface area contributed by atoms with Crippen molar-refractivity contribution >= 4 is 0 Å². The third-order valence-electron chi connectivity index (χ3n) is 4.23. The molecule has 1 aromatic carbocycles. The maximum atomic E-state index is 10.6. The van der Waals surface area contributed by atoms with E-state index in [2.05, 4.69) is 12.2 Å². The molecule has 0 bridgehead atoms. The molecule has 0 spiro atoms. The molecule has 4 nitrogen and oxygen atoms in total. The van der Waals surface area contributed by atoms with Crippen LogP contribution in [0.3, 0.4) is 0 Å². The number of phenols is 2. The largest absolute Gasteiger partial charge is 0.508 e. The first-order chi connectivity index (χ1) is 9.38. The van der Waals surface area contributed by atoms with Crippen molar-refractivity contribution in [2.24, 2.45) is 5.92 Å². The summed E-state index contributed by atoms with van der Waals surface area (Å²) in [5, 5.41) is 32.9. The lowest BCUT2D eigenvalue weighted by Gasteiger charge is -2.36. The van der Waals surface area contributed by atoms with Crippen molar-refractivity contribution in [3.63, 3.8) is 0 Å². The maximum Gasteiger partial charge on any atom is 0.119 e. The molecule has 0 aromatic heterocycles. The lowest BCUT2D eigenvalue weighted by atomic mass is 9.79. The predicted octanol–water partition coefficient (Wildman–Crippen LogP) is 2.69. The van der Waals surface area contributed by atoms with Gasteiger partial charge in [-0.3, -0.25) is 0 Å². The first kappa shape index (κ1) is 15.1. The van der Waals surface area contributed by atoms with E-state index >= 15 is 0 Å². The third kappa shape index (κ3) is 3.87. The smallest absolute Gasteiger partial charge is 0.119 e. The van der Waals surface area contributed by atoms with Crippen LogP contribution in [0.1, 0.15) is 51.1 Å². The van der Waals surface area contributed by atoms with E-state index < -0.39 is 5.60 Å². The van der Waals surface area contributed by atoms with Crippen molar-refractivity contribution in [1.82, 2.24) is 5.32 Å². The average Bonchev–Trinajstić information content (AvgIpc) is 2.34. The molecule has 2 rings (SSSR count). The molecule has 0 radical (unpaired) electrons. The Morgan fingerprint density at radius 1 is 1.30 bits per heavy atom. The molecule has 0 amide bonds. The van der Waals surface area contributed by atoms with Crippen molar-refractivity contribution in [1.29, 1.82) is 0 Å². The van der Waals surface area contributed by atoms with Crippen LogP contribution in [0.2, 0.25) is 0 Å². The molecule has 20 heavy (non-hydrogen) atoms. The Bertz CT molecular complexity index is 443. The van der Waals surface area contributed by atoms with Gasteiger partial charge in [0, 0.05) is 18.7 Å². The van der Waals surface area contributed by atoms with E-state index in [1.807, 2.05) is 6.92 Å². The van der Waals surface area contributed by atoms with Crippen LogP contribution in [0, 0.1) is 5.92 Å². The van der Waals surface area contributed by atoms with Gasteiger partial charge in [0.15, 0.2) is 0 Å². The molecule has 4 N–H and O–H groups in total. The van der Waals surface area contributed by atoms with Gasteiger partial charge in [0.1, 0.15) is 11.5 Å². The third-order valence-corrected chi connectivity index (χ3v) is 4.23. The zero-order valence-corrected chi connectivity index (χ0v) is 12.3. The summed E-state index contributed by atoms with van der Waals surface area (Å²) in [6, 6.07) is 4.54. The Morgan fingerprint density at radius 2 is 1.95 bits per heavy atom. The summed E-state index contributed by atoms with van der Waals surface area (Å²) in [4.78, 5) is 0. The van der Waals surface area contributed by atoms with Gasteiger partial charge in [0.05, 0.1) is 5.60 Å². The number of nitrogens with one attached hydrogen (secondary N) is 1. The molecule has 3 atom stereocenters. The molecule has 1 fully saturated rings. The van der Waals surface area contributed by atoms with Gasteiger partial charge in [-0.05, 0) is 43.4 Å². The molecule has 0 heterocycles. The molecule has 3 unspecified atom stereocenters. The van der Waals surface area contributed by atoms with Gasteiger partial charge in [0.25, 0.3) is 0 Å². The first-order valence-electron chi connectivity index (χ1n) is 7.37. The van der Waals surface area contributed by atoms with E-state index in [1.165, 1.54) is 12.5 Å². The minimum absolute atomic E-state index is 0.0331. The zero-order valence-electron chi connectivity index (χ0n) is 12.3. The summed E-state index contributed by atoms with van der Waals surface area (Å²) in [6.07, 6.45) is 3.93. The Hall–Kier alpha value is -1.26. The fourth-order valence-electron chi connectivity index (χ4n) is 3.12. The predicted molar refractivity (Wildman–Crippen MR) is 78.8 cm³/mol. The molecule has 0 saturated heterocycles. The monoisotopic (exact) mass is 279 g/mol. The fourth-order valence-corrected chi connectivity index (χ4v) is 3.12. The Morgan fingerprint density at radius 3 is 2.55 bits per heavy atom. The standard InChI is InChI=1S/C16H25NO3/c1-11-4-3-5-16(20,9-11)10-17-12(2)13-6-14(18)8-15(19)7-13/h6-8,11-12,17-20H,3-5,9-10H2,1-2H3. The number of phenolic OH excluding ortho intramolecular Hbond substituents is 2. The average molecular weight is 279 g/mol. The summed E-state index contributed by atoms with van der Waals surface area (Å²) < 4.78 is 0. The van der Waals surface area contributed by atoms with Gasteiger partial charge in [0.2, 0.25) is 0 Å². The van der Waals surface area contributed by atoms with Crippen LogP contribution >= 0.6 is 0 Å². The van der Waals surface area contributed by atoms with E-state index in [1.54, 1.807) is 12.1 Å². The van der Waals surface area contributed by atoms with Gasteiger partial charge in [-0.25, -0.2) is 0 Å². The number of hydrogen-bond acceptors (Lipinski definition) is 4. The highest BCUT2D eigenvalue weighted by Gasteiger charge is 2.32. The van der Waals surface area contributed by atoms with Crippen LogP contribution in [0.5, 0.6) is 11.5 Å². The van der Waals surface area contributed by atoms with Crippen molar-refractivity contribution in [2.45, 2.75) is 51.2 Å². The highest BCUT2D eigenvalue weighted by atomic mass is 16.3. The van der Waals surface area contributed by atoms with E-state index in [-0.39, 0.29) is 17.5 Å². The molecule has 112 valence electrons. The number of benzene rings is 1. The van der Waals surface area contributed by atoms with Crippen LogP contribution in [-0.4, -0.2) is 27.5 Å². The van der Waals surface area contributed by atoms with E-state index in [4.69, 9.17) is 0 Å². The summed E-state index contributed by atoms with van der Waals surface area (Å²) in [7, 11) is 0. The second-order valence-corrected chi connectivity index (χ2v) is 6.31. The SMILES string of the molecule is CC1CCCC(O)(CNC(C)c2cc(O)cc(O)c2)C1. The van der Waals surface area contributed by atoms with Crippen molar-refractivity contribution in [3.8, 4) is 11.5 Å². The van der Waals surface area contributed by atoms with E-state index in [0.717, 1.165) is 24.8 Å². The van der Waals surface area contributed by atoms with Crippen molar-refractivity contribution < 1.29 is 15.3 Å². The van der Waals surface area contributed by atoms with Crippen LogP contribution in [0.4, 0.5) is 0 Å². The maximum absolute atomic E-state index is 10.6. The summed E-state index contributed by atoms with van der Waals surface area (Å²) >= 11 is 0. The Kier molecular flexibility index (Phi) is 4.55. The highest BCUT2D eigenvalue weighted by Crippen LogP contribution is 2.32. The minimum Gasteiger partial charge on any atom is -0.508 e. The molecule has 1 saturated carbocycles.